The molecule has 0 fully saturated rings. The van der Waals surface area contributed by atoms with E-state index in [9.17, 15) is 14.4 Å². The molecule has 6 nitrogen and oxygen atoms in total. The van der Waals surface area contributed by atoms with Crippen molar-refractivity contribution >= 4 is 29.3 Å². The maximum atomic E-state index is 12.3. The maximum Gasteiger partial charge on any atom is 0.271 e. The van der Waals surface area contributed by atoms with Gasteiger partial charge < -0.3 is 5.32 Å². The second kappa shape index (κ2) is 8.89. The number of benzene rings is 2. The van der Waals surface area contributed by atoms with Crippen molar-refractivity contribution in [2.45, 2.75) is 39.2 Å². The topological polar surface area (TPSA) is 87.3 Å². The molecule has 28 heavy (non-hydrogen) atoms. The molecule has 2 aromatic carbocycles. The Bertz CT molecular complexity index is 873. The van der Waals surface area contributed by atoms with E-state index >= 15 is 0 Å². The van der Waals surface area contributed by atoms with Gasteiger partial charge in [-0.2, -0.15) is 0 Å². The summed E-state index contributed by atoms with van der Waals surface area (Å²) in [4.78, 5) is 36.5. The molecule has 0 aliphatic heterocycles. The van der Waals surface area contributed by atoms with Crippen LogP contribution in [0, 0.1) is 0 Å². The number of hydrogen-bond acceptors (Lipinski definition) is 3. The Hall–Kier alpha value is -2.86. The average molecular weight is 402 g/mol. The Balaban J connectivity index is 1.90. The molecule has 0 heterocycles. The minimum atomic E-state index is -0.846. The summed E-state index contributed by atoms with van der Waals surface area (Å²) in [7, 11) is 0. The van der Waals surface area contributed by atoms with E-state index in [1.165, 1.54) is 13.0 Å². The number of rotatable bonds is 4. The van der Waals surface area contributed by atoms with Crippen LogP contribution in [-0.2, 0) is 10.2 Å². The molecule has 0 spiro atoms. The number of carbonyl (C=O) groups is 3. The van der Waals surface area contributed by atoms with E-state index in [-0.39, 0.29) is 21.9 Å². The number of nitrogens with one attached hydrogen (secondary N) is 3. The van der Waals surface area contributed by atoms with Gasteiger partial charge in [-0.25, -0.2) is 0 Å². The summed E-state index contributed by atoms with van der Waals surface area (Å²) in [6, 6.07) is 12.9. The lowest BCUT2D eigenvalue weighted by atomic mass is 9.86. The molecule has 0 saturated carbocycles. The van der Waals surface area contributed by atoms with Crippen LogP contribution in [0.5, 0.6) is 0 Å². The highest BCUT2D eigenvalue weighted by molar-refractivity contribution is 6.33. The second-order valence-corrected chi connectivity index (χ2v) is 7.85. The summed E-state index contributed by atoms with van der Waals surface area (Å²) < 4.78 is 0. The summed E-state index contributed by atoms with van der Waals surface area (Å²) in [5, 5.41) is 2.87. The van der Waals surface area contributed by atoms with Gasteiger partial charge in [0.05, 0.1) is 10.6 Å². The van der Waals surface area contributed by atoms with Crippen LogP contribution in [0.3, 0.4) is 0 Å². The molecule has 2 aromatic rings. The Morgan fingerprint density at radius 1 is 0.893 bits per heavy atom. The van der Waals surface area contributed by atoms with E-state index in [1.54, 1.807) is 30.3 Å². The van der Waals surface area contributed by atoms with Crippen molar-refractivity contribution in [3.05, 3.63) is 70.2 Å². The molecule has 0 radical (unpaired) electrons. The SMILES string of the molecule is C[C@H](NC(=O)c1ccc(C(C)(C)C)cc1)C(=O)NNC(=O)c1ccccc1Cl. The van der Waals surface area contributed by atoms with Crippen LogP contribution in [0.15, 0.2) is 48.5 Å². The molecule has 2 rings (SSSR count). The molecule has 0 bridgehead atoms. The highest BCUT2D eigenvalue weighted by atomic mass is 35.5. The summed E-state index contributed by atoms with van der Waals surface area (Å²) in [6.07, 6.45) is 0. The molecule has 0 saturated heterocycles. The molecule has 3 N–H and O–H groups in total. The lowest BCUT2D eigenvalue weighted by Gasteiger charge is -2.19. The van der Waals surface area contributed by atoms with Crippen LogP contribution in [-0.4, -0.2) is 23.8 Å². The van der Waals surface area contributed by atoms with Crippen LogP contribution in [0.2, 0.25) is 5.02 Å². The first-order valence-corrected chi connectivity index (χ1v) is 9.23. The Kier molecular flexibility index (Phi) is 6.80. The monoisotopic (exact) mass is 401 g/mol. The molecular formula is C21H24ClN3O3. The van der Waals surface area contributed by atoms with Gasteiger partial charge in [0.25, 0.3) is 17.7 Å². The fourth-order valence-corrected chi connectivity index (χ4v) is 2.63. The van der Waals surface area contributed by atoms with Gasteiger partial charge in [0, 0.05) is 5.56 Å². The van der Waals surface area contributed by atoms with Crippen molar-refractivity contribution in [2.24, 2.45) is 0 Å². The van der Waals surface area contributed by atoms with Crippen molar-refractivity contribution in [2.75, 3.05) is 0 Å². The predicted octanol–water partition coefficient (Wildman–Crippen LogP) is 3.22. The normalized spacial score (nSPS) is 12.0. The fraction of sp³-hybridized carbons (Fsp3) is 0.286. The molecule has 0 aliphatic rings. The third-order valence-corrected chi connectivity index (χ3v) is 4.50. The van der Waals surface area contributed by atoms with Crippen molar-refractivity contribution < 1.29 is 14.4 Å². The minimum Gasteiger partial charge on any atom is -0.340 e. The van der Waals surface area contributed by atoms with Crippen LogP contribution in [0.1, 0.15) is 54.0 Å². The first-order chi connectivity index (χ1) is 13.1. The molecule has 7 heteroatoms. The van der Waals surface area contributed by atoms with Gasteiger partial charge >= 0.3 is 0 Å². The second-order valence-electron chi connectivity index (χ2n) is 7.45. The first kappa shape index (κ1) is 21.4. The zero-order valence-corrected chi connectivity index (χ0v) is 17.1. The molecule has 0 aliphatic carbocycles. The summed E-state index contributed by atoms with van der Waals surface area (Å²) in [5.74, 6) is -1.48. The minimum absolute atomic E-state index is 0.0119. The standard InChI is InChI=1S/C21H24ClN3O3/c1-13(18(26)24-25-20(28)16-7-5-6-8-17(16)22)23-19(27)14-9-11-15(12-10-14)21(2,3)4/h5-13H,1-4H3,(H,23,27)(H,24,26)(H,25,28)/t13-/m0/s1. The van der Waals surface area contributed by atoms with Crippen molar-refractivity contribution in [1.82, 2.24) is 16.2 Å². The predicted molar refractivity (Wildman–Crippen MR) is 109 cm³/mol. The van der Waals surface area contributed by atoms with Gasteiger partial charge in [-0.1, -0.05) is 56.6 Å². The average Bonchev–Trinajstić information content (AvgIpc) is 2.65. The zero-order chi connectivity index (χ0) is 20.9. The lowest BCUT2D eigenvalue weighted by Crippen LogP contribution is -2.51. The Morgan fingerprint density at radius 2 is 1.50 bits per heavy atom. The van der Waals surface area contributed by atoms with Crippen LogP contribution < -0.4 is 16.2 Å². The van der Waals surface area contributed by atoms with E-state index in [4.69, 9.17) is 11.6 Å². The fourth-order valence-electron chi connectivity index (χ4n) is 2.41. The molecule has 148 valence electrons. The van der Waals surface area contributed by atoms with Gasteiger partial charge in [-0.15, -0.1) is 0 Å². The van der Waals surface area contributed by atoms with E-state index in [0.29, 0.717) is 5.56 Å². The number of hydrogen-bond donors (Lipinski definition) is 3. The third-order valence-electron chi connectivity index (χ3n) is 4.17. The summed E-state index contributed by atoms with van der Waals surface area (Å²) in [5.41, 5.74) is 6.35. The summed E-state index contributed by atoms with van der Waals surface area (Å²) >= 11 is 5.94. The maximum absolute atomic E-state index is 12.3. The van der Waals surface area contributed by atoms with Gasteiger partial charge in [-0.05, 0) is 42.2 Å². The Labute approximate surface area is 169 Å². The highest BCUT2D eigenvalue weighted by Gasteiger charge is 2.19. The number of carbonyl (C=O) groups excluding carboxylic acids is 3. The highest BCUT2D eigenvalue weighted by Crippen LogP contribution is 2.22. The third kappa shape index (κ3) is 5.57. The lowest BCUT2D eigenvalue weighted by molar-refractivity contribution is -0.123. The van der Waals surface area contributed by atoms with Gasteiger partial charge in [0.2, 0.25) is 0 Å². The van der Waals surface area contributed by atoms with E-state index < -0.39 is 17.9 Å². The van der Waals surface area contributed by atoms with E-state index in [2.05, 4.69) is 36.9 Å². The quantitative estimate of drug-likeness (QED) is 0.687. The number of halogens is 1. The Morgan fingerprint density at radius 3 is 2.07 bits per heavy atom. The molecular weight excluding hydrogens is 378 g/mol. The molecule has 0 unspecified atom stereocenters. The van der Waals surface area contributed by atoms with Crippen molar-refractivity contribution in [3.63, 3.8) is 0 Å². The van der Waals surface area contributed by atoms with Crippen molar-refractivity contribution in [1.29, 1.82) is 0 Å². The van der Waals surface area contributed by atoms with Crippen molar-refractivity contribution in [3.8, 4) is 0 Å². The largest absolute Gasteiger partial charge is 0.340 e. The molecule has 1 atom stereocenters. The molecule has 0 aromatic heterocycles. The molecule has 3 amide bonds. The first-order valence-electron chi connectivity index (χ1n) is 8.85. The zero-order valence-electron chi connectivity index (χ0n) is 16.3. The van der Waals surface area contributed by atoms with Crippen LogP contribution in [0.25, 0.3) is 0 Å². The van der Waals surface area contributed by atoms with Crippen LogP contribution in [0.4, 0.5) is 0 Å². The van der Waals surface area contributed by atoms with Crippen LogP contribution >= 0.6 is 11.6 Å². The van der Waals surface area contributed by atoms with E-state index in [0.717, 1.165) is 5.56 Å². The van der Waals surface area contributed by atoms with Gasteiger partial charge in [0.15, 0.2) is 0 Å². The van der Waals surface area contributed by atoms with Gasteiger partial charge in [-0.3, -0.25) is 25.2 Å². The number of amides is 3. The van der Waals surface area contributed by atoms with E-state index in [1.807, 2.05) is 12.1 Å². The summed E-state index contributed by atoms with van der Waals surface area (Å²) in [6.45, 7) is 7.79. The number of hydrazine groups is 1. The van der Waals surface area contributed by atoms with Gasteiger partial charge in [0.1, 0.15) is 6.04 Å². The smallest absolute Gasteiger partial charge is 0.271 e.